The van der Waals surface area contributed by atoms with Crippen molar-refractivity contribution < 1.29 is 13.6 Å². The van der Waals surface area contributed by atoms with Gasteiger partial charge in [-0.15, -0.1) is 0 Å². The van der Waals surface area contributed by atoms with Gasteiger partial charge in [0.15, 0.2) is 0 Å². The van der Waals surface area contributed by atoms with Crippen molar-refractivity contribution >= 4 is 7.60 Å². The zero-order valence-corrected chi connectivity index (χ0v) is 25.7. The maximum absolute atomic E-state index is 15.6. The molecule has 2 aromatic carbocycles. The SMILES string of the molecule is CC1(C)[C@H]2CC[C@@]1(C)[C@H](OP(=O)(O[C@H]1C[C@H]3CC[C@@]1(C)C3(C)C)[C@@H](NCc1ccccc1)c1ccccc1)C2. The quantitative estimate of drug-likeness (QED) is 0.317. The van der Waals surface area contributed by atoms with E-state index in [9.17, 15) is 0 Å². The minimum atomic E-state index is -3.66. The normalized spacial score (nSPS) is 38.1. The van der Waals surface area contributed by atoms with Gasteiger partial charge in [0.05, 0.1) is 12.2 Å². The third-order valence-electron chi connectivity index (χ3n) is 12.8. The molecule has 4 bridgehead atoms. The monoisotopic (exact) mass is 549 g/mol. The Morgan fingerprint density at radius 3 is 1.64 bits per heavy atom. The highest BCUT2D eigenvalue weighted by molar-refractivity contribution is 7.54. The lowest BCUT2D eigenvalue weighted by atomic mass is 9.70. The van der Waals surface area contributed by atoms with Crippen LogP contribution in [0, 0.1) is 33.5 Å². The lowest BCUT2D eigenvalue weighted by Crippen LogP contribution is -2.40. The van der Waals surface area contributed by atoms with E-state index >= 15 is 4.57 Å². The molecule has 0 aliphatic heterocycles. The van der Waals surface area contributed by atoms with Crippen LogP contribution in [0.1, 0.15) is 97.0 Å². The Morgan fingerprint density at radius 1 is 0.769 bits per heavy atom. The highest BCUT2D eigenvalue weighted by Crippen LogP contribution is 2.74. The smallest absolute Gasteiger partial charge is 0.303 e. The lowest BCUT2D eigenvalue weighted by Gasteiger charge is -2.44. The highest BCUT2D eigenvalue weighted by atomic mass is 31.2. The number of hydrogen-bond acceptors (Lipinski definition) is 4. The number of fused-ring (bicyclic) bond motifs is 4. The van der Waals surface area contributed by atoms with Gasteiger partial charge in [-0.1, -0.05) is 102 Å². The number of rotatable bonds is 9. The standard InChI is InChI=1S/C34H48NO3P/c1-31(2)26-17-19-33(31,5)28(21-26)37-39(36,38-29-22-27-18-20-34(29,6)32(27,3)4)30(25-15-11-8-12-16-25)35-23-24-13-9-7-10-14-24/h7-16,26-30,35H,17-23H2,1-6H3/t26-,27+,28+,29-,30-,33-,34+,39?/m1/s1. The van der Waals surface area contributed by atoms with Crippen LogP contribution in [0.5, 0.6) is 0 Å². The molecule has 1 unspecified atom stereocenters. The molecule has 4 aliphatic rings. The van der Waals surface area contributed by atoms with E-state index in [0.717, 1.165) is 36.8 Å². The summed E-state index contributed by atoms with van der Waals surface area (Å²) in [6, 6.07) is 20.6. The highest BCUT2D eigenvalue weighted by Gasteiger charge is 2.66. The van der Waals surface area contributed by atoms with Gasteiger partial charge in [-0.2, -0.15) is 0 Å². The number of benzene rings is 2. The van der Waals surface area contributed by atoms with Gasteiger partial charge in [0, 0.05) is 6.54 Å². The summed E-state index contributed by atoms with van der Waals surface area (Å²) in [5, 5.41) is 3.68. The molecule has 0 heterocycles. The average molecular weight is 550 g/mol. The van der Waals surface area contributed by atoms with Gasteiger partial charge in [0.25, 0.3) is 0 Å². The Labute approximate surface area is 236 Å². The van der Waals surface area contributed by atoms with Crippen LogP contribution in [-0.2, 0) is 20.2 Å². The fraction of sp³-hybridized carbons (Fsp3) is 0.647. The van der Waals surface area contributed by atoms with E-state index in [1.165, 1.54) is 12.8 Å². The molecule has 0 spiro atoms. The van der Waals surface area contributed by atoms with Crippen molar-refractivity contribution in [3.8, 4) is 0 Å². The lowest BCUT2D eigenvalue weighted by molar-refractivity contribution is -0.0174. The summed E-state index contributed by atoms with van der Waals surface area (Å²) in [7, 11) is -3.66. The second-order valence-electron chi connectivity index (χ2n) is 14.6. The summed E-state index contributed by atoms with van der Waals surface area (Å²) in [5.74, 6) is 0.676. The van der Waals surface area contributed by atoms with Gasteiger partial charge >= 0.3 is 7.60 Å². The van der Waals surface area contributed by atoms with Gasteiger partial charge in [-0.25, -0.2) is 0 Å². The maximum atomic E-state index is 15.6. The van der Waals surface area contributed by atoms with E-state index < -0.39 is 13.4 Å². The molecular formula is C34H48NO3P. The van der Waals surface area contributed by atoms with E-state index in [-0.39, 0.29) is 33.9 Å². The molecule has 6 rings (SSSR count). The van der Waals surface area contributed by atoms with E-state index in [4.69, 9.17) is 9.05 Å². The van der Waals surface area contributed by atoms with Crippen LogP contribution in [-0.4, -0.2) is 12.2 Å². The molecule has 4 saturated carbocycles. The van der Waals surface area contributed by atoms with Gasteiger partial charge in [0.1, 0.15) is 5.78 Å². The molecule has 5 heteroatoms. The first-order valence-electron chi connectivity index (χ1n) is 15.2. The Morgan fingerprint density at radius 2 is 1.23 bits per heavy atom. The summed E-state index contributed by atoms with van der Waals surface area (Å²) in [6.45, 7) is 14.9. The van der Waals surface area contributed by atoms with E-state index in [1.807, 2.05) is 24.3 Å². The van der Waals surface area contributed by atoms with Crippen LogP contribution < -0.4 is 5.32 Å². The van der Waals surface area contributed by atoms with Crippen LogP contribution in [0.15, 0.2) is 60.7 Å². The molecule has 0 radical (unpaired) electrons. The molecule has 4 aliphatic carbocycles. The molecule has 1 N–H and O–H groups in total. The van der Waals surface area contributed by atoms with Crippen LogP contribution >= 0.6 is 7.60 Å². The summed E-state index contributed by atoms with van der Waals surface area (Å²) >= 11 is 0. The third kappa shape index (κ3) is 4.23. The molecule has 39 heavy (non-hydrogen) atoms. The summed E-state index contributed by atoms with van der Waals surface area (Å²) in [4.78, 5) is 0. The zero-order chi connectivity index (χ0) is 27.7. The van der Waals surface area contributed by atoms with Crippen molar-refractivity contribution in [2.75, 3.05) is 0 Å². The van der Waals surface area contributed by atoms with Crippen molar-refractivity contribution in [2.45, 2.75) is 105 Å². The molecule has 0 aromatic heterocycles. The molecule has 4 fully saturated rings. The van der Waals surface area contributed by atoms with Gasteiger partial charge in [0.2, 0.25) is 0 Å². The molecule has 2 aromatic rings. The summed E-state index contributed by atoms with van der Waals surface area (Å²) < 4.78 is 29.7. The fourth-order valence-electron chi connectivity index (χ4n) is 8.94. The molecular weight excluding hydrogens is 501 g/mol. The van der Waals surface area contributed by atoms with E-state index in [0.29, 0.717) is 18.4 Å². The largest absolute Gasteiger partial charge is 0.352 e. The van der Waals surface area contributed by atoms with Crippen molar-refractivity contribution in [1.82, 2.24) is 5.32 Å². The van der Waals surface area contributed by atoms with Crippen LogP contribution in [0.3, 0.4) is 0 Å². The van der Waals surface area contributed by atoms with E-state index in [1.54, 1.807) is 0 Å². The Hall–Kier alpha value is -1.45. The maximum Gasteiger partial charge on any atom is 0.352 e. The van der Waals surface area contributed by atoms with E-state index in [2.05, 4.69) is 83.3 Å². The van der Waals surface area contributed by atoms with Crippen molar-refractivity contribution in [1.29, 1.82) is 0 Å². The van der Waals surface area contributed by atoms with Crippen LogP contribution in [0.2, 0.25) is 0 Å². The minimum absolute atomic E-state index is 0.00475. The summed E-state index contributed by atoms with van der Waals surface area (Å²) in [6.07, 6.45) is 6.51. The average Bonchev–Trinajstić information content (AvgIpc) is 3.42. The van der Waals surface area contributed by atoms with Crippen molar-refractivity contribution in [3.05, 3.63) is 71.8 Å². The van der Waals surface area contributed by atoms with Crippen LogP contribution in [0.25, 0.3) is 0 Å². The first-order valence-corrected chi connectivity index (χ1v) is 16.8. The van der Waals surface area contributed by atoms with Crippen molar-refractivity contribution in [3.63, 3.8) is 0 Å². The predicted molar refractivity (Wildman–Crippen MR) is 158 cm³/mol. The minimum Gasteiger partial charge on any atom is -0.303 e. The topological polar surface area (TPSA) is 47.6 Å². The molecule has 8 atom stereocenters. The molecule has 4 nitrogen and oxygen atoms in total. The second-order valence-corrected chi connectivity index (χ2v) is 16.6. The number of nitrogens with one attached hydrogen (secondary N) is 1. The van der Waals surface area contributed by atoms with Gasteiger partial charge in [-0.3, -0.25) is 9.88 Å². The Balaban J connectivity index is 1.38. The Kier molecular flexibility index (Phi) is 6.78. The first kappa shape index (κ1) is 27.7. The fourth-order valence-corrected chi connectivity index (χ4v) is 11.4. The first-order chi connectivity index (χ1) is 18.4. The molecule has 0 saturated heterocycles. The molecule has 212 valence electrons. The van der Waals surface area contributed by atoms with Gasteiger partial charge in [-0.05, 0) is 83.1 Å². The zero-order valence-electron chi connectivity index (χ0n) is 24.8. The third-order valence-corrected chi connectivity index (χ3v) is 15.0. The molecule has 0 amide bonds. The van der Waals surface area contributed by atoms with Crippen molar-refractivity contribution in [2.24, 2.45) is 33.5 Å². The van der Waals surface area contributed by atoms with Crippen LogP contribution in [0.4, 0.5) is 0 Å². The summed E-state index contributed by atoms with van der Waals surface area (Å²) in [5.41, 5.74) is 2.46. The number of hydrogen-bond donors (Lipinski definition) is 1. The Bertz CT molecular complexity index is 1180. The predicted octanol–water partition coefficient (Wildman–Crippen LogP) is 9.13. The van der Waals surface area contributed by atoms with Gasteiger partial charge < -0.3 is 9.05 Å². The second kappa shape index (κ2) is 9.55.